The highest BCUT2D eigenvalue weighted by Gasteiger charge is 2.04. The molecule has 0 aliphatic carbocycles. The third kappa shape index (κ3) is 3.06. The Morgan fingerprint density at radius 1 is 1.39 bits per heavy atom. The van der Waals surface area contributed by atoms with Crippen molar-refractivity contribution in [1.29, 1.82) is 0 Å². The second-order valence-electron chi connectivity index (χ2n) is 3.49. The minimum absolute atomic E-state index is 0.259. The van der Waals surface area contributed by atoms with Crippen LogP contribution in [0.25, 0.3) is 0 Å². The Labute approximate surface area is 105 Å². The van der Waals surface area contributed by atoms with E-state index in [2.05, 4.69) is 27.3 Å². The third-order valence-corrected chi connectivity index (χ3v) is 2.12. The highest BCUT2D eigenvalue weighted by atomic mass is 16.5. The van der Waals surface area contributed by atoms with Crippen LogP contribution in [0.3, 0.4) is 0 Å². The maximum atomic E-state index is 5.61. The zero-order valence-corrected chi connectivity index (χ0v) is 10.00. The first-order valence-corrected chi connectivity index (χ1v) is 5.43. The van der Waals surface area contributed by atoms with Crippen LogP contribution < -0.4 is 10.5 Å². The lowest BCUT2D eigenvalue weighted by Gasteiger charge is -2.05. The van der Waals surface area contributed by atoms with Gasteiger partial charge in [0.25, 0.3) is 0 Å². The number of aryl methyl sites for hydroxylation is 1. The number of nitrogens with zero attached hydrogens (tertiary/aromatic N) is 4. The standard InChI is InChI=1S/C12H13N5O/c1-17-15-12(14-16-17)9-18-11-7-3-2-5-10(11)6-4-8-13/h2-3,5,7H,8-9,13H2,1H3. The first kappa shape index (κ1) is 12.1. The lowest BCUT2D eigenvalue weighted by atomic mass is 10.2. The summed E-state index contributed by atoms with van der Waals surface area (Å²) < 4.78 is 5.61. The number of tetrazole rings is 1. The lowest BCUT2D eigenvalue weighted by Crippen LogP contribution is -2.00. The smallest absolute Gasteiger partial charge is 0.212 e. The first-order valence-electron chi connectivity index (χ1n) is 5.43. The first-order chi connectivity index (χ1) is 8.79. The summed E-state index contributed by atoms with van der Waals surface area (Å²) in [6.45, 7) is 0.579. The van der Waals surface area contributed by atoms with E-state index in [1.807, 2.05) is 24.3 Å². The van der Waals surface area contributed by atoms with E-state index in [0.717, 1.165) is 5.56 Å². The fraction of sp³-hybridized carbons (Fsp3) is 0.250. The van der Waals surface area contributed by atoms with Crippen LogP contribution in [-0.2, 0) is 13.7 Å². The number of benzene rings is 1. The average molecular weight is 243 g/mol. The van der Waals surface area contributed by atoms with Gasteiger partial charge in [-0.3, -0.25) is 0 Å². The molecule has 0 atom stereocenters. The maximum absolute atomic E-state index is 5.61. The molecule has 0 aliphatic rings. The van der Waals surface area contributed by atoms with Gasteiger partial charge in [0.05, 0.1) is 19.2 Å². The van der Waals surface area contributed by atoms with Gasteiger partial charge in [-0.05, 0) is 17.3 Å². The SMILES string of the molecule is Cn1nnc(COc2ccccc2C#CCN)n1. The van der Waals surface area contributed by atoms with Crippen molar-refractivity contribution >= 4 is 0 Å². The van der Waals surface area contributed by atoms with Crippen molar-refractivity contribution < 1.29 is 4.74 Å². The molecule has 2 aromatic rings. The highest BCUT2D eigenvalue weighted by molar-refractivity contribution is 5.45. The van der Waals surface area contributed by atoms with Crippen molar-refractivity contribution in [3.05, 3.63) is 35.7 Å². The second kappa shape index (κ2) is 5.80. The molecule has 6 nitrogen and oxygen atoms in total. The summed E-state index contributed by atoms with van der Waals surface area (Å²) >= 11 is 0. The normalized spacial score (nSPS) is 9.67. The van der Waals surface area contributed by atoms with E-state index in [9.17, 15) is 0 Å². The zero-order valence-electron chi connectivity index (χ0n) is 10.00. The largest absolute Gasteiger partial charge is 0.484 e. The Kier molecular flexibility index (Phi) is 3.89. The molecular formula is C12H13N5O. The van der Waals surface area contributed by atoms with E-state index in [4.69, 9.17) is 10.5 Å². The van der Waals surface area contributed by atoms with Crippen molar-refractivity contribution in [1.82, 2.24) is 20.2 Å². The molecular weight excluding hydrogens is 230 g/mol. The van der Waals surface area contributed by atoms with Crippen LogP contribution in [0.15, 0.2) is 24.3 Å². The Bertz CT molecular complexity index is 581. The van der Waals surface area contributed by atoms with Crippen LogP contribution in [0.1, 0.15) is 11.4 Å². The van der Waals surface area contributed by atoms with Gasteiger partial charge >= 0.3 is 0 Å². The molecule has 0 saturated heterocycles. The molecule has 1 heterocycles. The van der Waals surface area contributed by atoms with Crippen LogP contribution in [0, 0.1) is 11.8 Å². The number of ether oxygens (including phenoxy) is 1. The van der Waals surface area contributed by atoms with E-state index in [0.29, 0.717) is 18.1 Å². The van der Waals surface area contributed by atoms with Gasteiger partial charge in [-0.2, -0.15) is 4.80 Å². The number of hydrogen-bond donors (Lipinski definition) is 1. The van der Waals surface area contributed by atoms with E-state index in [1.165, 1.54) is 4.80 Å². The van der Waals surface area contributed by atoms with Crippen molar-refractivity contribution in [3.63, 3.8) is 0 Å². The summed E-state index contributed by atoms with van der Waals surface area (Å²) in [4.78, 5) is 1.39. The monoisotopic (exact) mass is 243 g/mol. The predicted molar refractivity (Wildman–Crippen MR) is 65.5 cm³/mol. The van der Waals surface area contributed by atoms with Crippen LogP contribution >= 0.6 is 0 Å². The van der Waals surface area contributed by atoms with Gasteiger partial charge < -0.3 is 10.5 Å². The van der Waals surface area contributed by atoms with Crippen LogP contribution in [-0.4, -0.2) is 26.8 Å². The minimum atomic E-state index is 0.259. The zero-order chi connectivity index (χ0) is 12.8. The van der Waals surface area contributed by atoms with Gasteiger partial charge in [-0.1, -0.05) is 24.0 Å². The molecule has 1 aromatic heterocycles. The topological polar surface area (TPSA) is 78.8 Å². The lowest BCUT2D eigenvalue weighted by molar-refractivity contribution is 0.294. The molecule has 0 fully saturated rings. The van der Waals surface area contributed by atoms with Crippen LogP contribution in [0.5, 0.6) is 5.75 Å². The van der Waals surface area contributed by atoms with E-state index in [1.54, 1.807) is 7.05 Å². The van der Waals surface area contributed by atoms with Gasteiger partial charge in [-0.25, -0.2) is 0 Å². The van der Waals surface area contributed by atoms with Crippen molar-refractivity contribution in [3.8, 4) is 17.6 Å². The van der Waals surface area contributed by atoms with Gasteiger partial charge in [0.15, 0.2) is 6.61 Å². The van der Waals surface area contributed by atoms with E-state index < -0.39 is 0 Å². The molecule has 0 aliphatic heterocycles. The van der Waals surface area contributed by atoms with Crippen molar-refractivity contribution in [2.45, 2.75) is 6.61 Å². The Morgan fingerprint density at radius 2 is 2.22 bits per heavy atom. The molecule has 0 radical (unpaired) electrons. The molecule has 2 N–H and O–H groups in total. The molecule has 0 spiro atoms. The summed E-state index contributed by atoms with van der Waals surface area (Å²) in [7, 11) is 1.71. The molecule has 18 heavy (non-hydrogen) atoms. The maximum Gasteiger partial charge on any atom is 0.212 e. The van der Waals surface area contributed by atoms with Crippen molar-refractivity contribution in [2.75, 3.05) is 6.54 Å². The number of hydrogen-bond acceptors (Lipinski definition) is 5. The third-order valence-electron chi connectivity index (χ3n) is 2.12. The van der Waals surface area contributed by atoms with Crippen LogP contribution in [0.4, 0.5) is 0 Å². The summed E-state index contributed by atoms with van der Waals surface area (Å²) in [5.41, 5.74) is 6.15. The van der Waals surface area contributed by atoms with E-state index in [-0.39, 0.29) is 6.61 Å². The molecule has 1 aromatic carbocycles. The Hall–Kier alpha value is -2.39. The van der Waals surface area contributed by atoms with Gasteiger partial charge in [-0.15, -0.1) is 10.2 Å². The van der Waals surface area contributed by atoms with Gasteiger partial charge in [0, 0.05) is 0 Å². The summed E-state index contributed by atoms with van der Waals surface area (Å²) in [5, 5.41) is 11.6. The predicted octanol–water partition coefficient (Wildman–Crippen LogP) is 0.0993. The molecule has 0 amide bonds. The fourth-order valence-corrected chi connectivity index (χ4v) is 1.37. The second-order valence-corrected chi connectivity index (χ2v) is 3.49. The average Bonchev–Trinajstić information content (AvgIpc) is 2.81. The molecule has 6 heteroatoms. The van der Waals surface area contributed by atoms with Gasteiger partial charge in [0.2, 0.25) is 5.82 Å². The summed E-state index contributed by atoms with van der Waals surface area (Å²) in [6.07, 6.45) is 0. The fourth-order valence-electron chi connectivity index (χ4n) is 1.37. The Balaban J connectivity index is 2.09. The summed E-state index contributed by atoms with van der Waals surface area (Å²) in [6, 6.07) is 7.50. The highest BCUT2D eigenvalue weighted by Crippen LogP contribution is 2.17. The van der Waals surface area contributed by atoms with Crippen LogP contribution in [0.2, 0.25) is 0 Å². The van der Waals surface area contributed by atoms with Gasteiger partial charge in [0.1, 0.15) is 5.75 Å². The van der Waals surface area contributed by atoms with E-state index >= 15 is 0 Å². The number of para-hydroxylation sites is 1. The Morgan fingerprint density at radius 3 is 2.94 bits per heavy atom. The molecule has 0 unspecified atom stereocenters. The number of aromatic nitrogens is 4. The number of rotatable bonds is 3. The van der Waals surface area contributed by atoms with Crippen molar-refractivity contribution in [2.24, 2.45) is 12.8 Å². The molecule has 0 bridgehead atoms. The summed E-state index contributed by atoms with van der Waals surface area (Å²) in [5.74, 6) is 6.96. The molecule has 0 saturated carbocycles. The number of nitrogens with two attached hydrogens (primary N) is 1. The minimum Gasteiger partial charge on any atom is -0.484 e. The molecule has 2 rings (SSSR count). The molecule has 92 valence electrons. The quantitative estimate of drug-likeness (QED) is 0.773.